The lowest BCUT2D eigenvalue weighted by Gasteiger charge is -2.64. The van der Waals surface area contributed by atoms with Crippen molar-refractivity contribution in [3.05, 3.63) is 23.3 Å². The van der Waals surface area contributed by atoms with E-state index in [2.05, 4.69) is 67.5 Å². The number of ether oxygens (including phenoxy) is 1. The van der Waals surface area contributed by atoms with Crippen molar-refractivity contribution in [1.29, 1.82) is 0 Å². The number of hydrogen-bond donors (Lipinski definition) is 0. The summed E-state index contributed by atoms with van der Waals surface area (Å²) in [5.74, 6) is 2.79. The summed E-state index contributed by atoms with van der Waals surface area (Å²) in [5.41, 5.74) is 4.39. The van der Waals surface area contributed by atoms with Gasteiger partial charge in [0.05, 0.1) is 0 Å². The van der Waals surface area contributed by atoms with Crippen LogP contribution in [0.25, 0.3) is 0 Å². The molecule has 3 saturated carbocycles. The van der Waals surface area contributed by atoms with Crippen LogP contribution in [0.15, 0.2) is 23.3 Å². The lowest BCUT2D eigenvalue weighted by Crippen LogP contribution is -2.58. The Kier molecular flexibility index (Phi) is 6.74. The van der Waals surface area contributed by atoms with Gasteiger partial charge in [0, 0.05) is 12.3 Å². The molecule has 4 aliphatic rings. The highest BCUT2D eigenvalue weighted by Crippen LogP contribution is 2.73. The van der Waals surface area contributed by atoms with E-state index in [1.54, 1.807) is 6.92 Å². The Bertz CT molecular complexity index is 860. The molecular formula is C32H52O2. The molecule has 0 amide bonds. The third-order valence-corrected chi connectivity index (χ3v) is 12.0. The van der Waals surface area contributed by atoms with E-state index in [0.717, 1.165) is 24.7 Å². The summed E-state index contributed by atoms with van der Waals surface area (Å²) in [5, 5.41) is 0. The fourth-order valence-corrected chi connectivity index (χ4v) is 9.89. The minimum atomic E-state index is -0.120. The van der Waals surface area contributed by atoms with Crippen molar-refractivity contribution in [3.63, 3.8) is 0 Å². The molecular weight excluding hydrogens is 416 g/mol. The summed E-state index contributed by atoms with van der Waals surface area (Å²) in [6, 6.07) is 0. The highest BCUT2D eigenvalue weighted by atomic mass is 16.5. The molecule has 0 aromatic heterocycles. The van der Waals surface area contributed by atoms with Crippen LogP contribution in [-0.4, -0.2) is 12.1 Å². The van der Waals surface area contributed by atoms with Crippen LogP contribution >= 0.6 is 0 Å². The van der Waals surface area contributed by atoms with Gasteiger partial charge in [0.1, 0.15) is 6.10 Å². The van der Waals surface area contributed by atoms with Crippen molar-refractivity contribution in [2.24, 2.45) is 45.3 Å². The molecule has 4 rings (SSSR count). The molecule has 0 N–H and O–H groups in total. The van der Waals surface area contributed by atoms with Gasteiger partial charge in [-0.05, 0) is 112 Å². The second-order valence-corrected chi connectivity index (χ2v) is 14.2. The molecule has 1 unspecified atom stereocenters. The second kappa shape index (κ2) is 8.81. The van der Waals surface area contributed by atoms with Gasteiger partial charge in [-0.3, -0.25) is 4.79 Å². The zero-order chi connectivity index (χ0) is 25.1. The summed E-state index contributed by atoms with van der Waals surface area (Å²) in [4.78, 5) is 11.8. The van der Waals surface area contributed by atoms with Crippen LogP contribution in [0.3, 0.4) is 0 Å². The molecule has 0 aliphatic heterocycles. The van der Waals surface area contributed by atoms with E-state index in [1.807, 2.05) is 5.57 Å². The van der Waals surface area contributed by atoms with Crippen LogP contribution in [0.4, 0.5) is 0 Å². The van der Waals surface area contributed by atoms with Gasteiger partial charge in [-0.1, -0.05) is 64.8 Å². The molecule has 192 valence electrons. The van der Waals surface area contributed by atoms with Crippen molar-refractivity contribution in [2.45, 2.75) is 126 Å². The molecule has 34 heavy (non-hydrogen) atoms. The Hall–Kier alpha value is -1.05. The normalized spacial score (nSPS) is 43.6. The zero-order valence-corrected chi connectivity index (χ0v) is 23.7. The molecule has 0 saturated heterocycles. The number of carbonyl (C=O) groups excluding carboxylic acids is 1. The van der Waals surface area contributed by atoms with Gasteiger partial charge in [0.15, 0.2) is 0 Å². The molecule has 8 atom stereocenters. The molecule has 4 aliphatic carbocycles. The first kappa shape index (κ1) is 26.0. The predicted molar refractivity (Wildman–Crippen MR) is 142 cm³/mol. The zero-order valence-electron chi connectivity index (χ0n) is 23.7. The van der Waals surface area contributed by atoms with E-state index < -0.39 is 0 Å². The Balaban J connectivity index is 1.61. The number of rotatable bonds is 5. The Labute approximate surface area is 210 Å². The molecule has 0 bridgehead atoms. The van der Waals surface area contributed by atoms with E-state index in [9.17, 15) is 4.79 Å². The van der Waals surface area contributed by atoms with E-state index in [0.29, 0.717) is 28.1 Å². The maximum absolute atomic E-state index is 11.8. The van der Waals surface area contributed by atoms with Crippen LogP contribution < -0.4 is 0 Å². The third kappa shape index (κ3) is 3.85. The van der Waals surface area contributed by atoms with Crippen LogP contribution in [-0.2, 0) is 9.53 Å². The second-order valence-electron chi connectivity index (χ2n) is 14.2. The summed E-state index contributed by atoms with van der Waals surface area (Å²) < 4.78 is 5.87. The molecule has 2 heteroatoms. The lowest BCUT2D eigenvalue weighted by molar-refractivity contribution is -0.174. The van der Waals surface area contributed by atoms with Crippen LogP contribution in [0.5, 0.6) is 0 Å². The molecule has 0 radical (unpaired) electrons. The smallest absolute Gasteiger partial charge is 0.302 e. The van der Waals surface area contributed by atoms with Crippen LogP contribution in [0, 0.1) is 45.3 Å². The molecule has 0 aromatic rings. The third-order valence-electron chi connectivity index (χ3n) is 12.0. The van der Waals surface area contributed by atoms with Crippen molar-refractivity contribution in [2.75, 3.05) is 0 Å². The average Bonchev–Trinajstić information content (AvgIpc) is 3.01. The molecule has 3 fully saturated rings. The topological polar surface area (TPSA) is 26.3 Å². The molecule has 0 aromatic carbocycles. The highest BCUT2D eigenvalue weighted by Gasteiger charge is 2.65. The Morgan fingerprint density at radius 3 is 2.41 bits per heavy atom. The van der Waals surface area contributed by atoms with Gasteiger partial charge in [0.25, 0.3) is 0 Å². The van der Waals surface area contributed by atoms with Crippen LogP contribution in [0.2, 0.25) is 0 Å². The highest BCUT2D eigenvalue weighted by molar-refractivity contribution is 5.66. The standard InChI is InChI=1S/C32H52O2/c1-21(2)11-10-12-22(3)24-15-19-32(9)26-13-14-27-29(5,6)28(34-23(4)33)17-18-30(27,7)25(26)16-20-31(24,32)8/h11,13,22,24-25,27-28H,10,12,14-20H2,1-9H3/t22?,24-,25-,27-,28-,30+,31-,32+/m0/s1. The summed E-state index contributed by atoms with van der Waals surface area (Å²) in [6.07, 6.45) is 16.6. The number of fused-ring (bicyclic) bond motifs is 5. The quantitative estimate of drug-likeness (QED) is 0.297. The summed E-state index contributed by atoms with van der Waals surface area (Å²) >= 11 is 0. The largest absolute Gasteiger partial charge is 0.462 e. The van der Waals surface area contributed by atoms with E-state index >= 15 is 0 Å². The maximum atomic E-state index is 11.8. The summed E-state index contributed by atoms with van der Waals surface area (Å²) in [7, 11) is 0. The lowest BCUT2D eigenvalue weighted by atomic mass is 9.41. The first-order chi connectivity index (χ1) is 15.8. The number of hydrogen-bond acceptors (Lipinski definition) is 2. The van der Waals surface area contributed by atoms with E-state index in [-0.39, 0.29) is 17.5 Å². The van der Waals surface area contributed by atoms with Gasteiger partial charge in [0.2, 0.25) is 0 Å². The minimum absolute atomic E-state index is 0.0278. The molecule has 0 heterocycles. The Morgan fingerprint density at radius 2 is 1.76 bits per heavy atom. The average molecular weight is 469 g/mol. The van der Waals surface area contributed by atoms with Gasteiger partial charge in [-0.15, -0.1) is 0 Å². The SMILES string of the molecule is CC(=O)O[C@H]1CC[C@]2(C)[C@H]3CC[C@@]4(C)[C@H](C(C)CCC=C(C)C)CC[C@]4(C)C3=CC[C@H]2C1(C)C. The van der Waals surface area contributed by atoms with Gasteiger partial charge in [-0.2, -0.15) is 0 Å². The summed E-state index contributed by atoms with van der Waals surface area (Å²) in [6.45, 7) is 21.2. The minimum Gasteiger partial charge on any atom is -0.462 e. The van der Waals surface area contributed by atoms with Gasteiger partial charge >= 0.3 is 5.97 Å². The van der Waals surface area contributed by atoms with Crippen molar-refractivity contribution in [3.8, 4) is 0 Å². The monoisotopic (exact) mass is 468 g/mol. The van der Waals surface area contributed by atoms with Crippen LogP contribution in [0.1, 0.15) is 120 Å². The molecule has 2 nitrogen and oxygen atoms in total. The number of allylic oxidation sites excluding steroid dienone is 4. The number of esters is 1. The predicted octanol–water partition coefficient (Wildman–Crippen LogP) is 8.91. The Morgan fingerprint density at radius 1 is 1.06 bits per heavy atom. The fourth-order valence-electron chi connectivity index (χ4n) is 9.89. The van der Waals surface area contributed by atoms with Crippen molar-refractivity contribution >= 4 is 5.97 Å². The molecule has 0 spiro atoms. The van der Waals surface area contributed by atoms with Crippen molar-refractivity contribution in [1.82, 2.24) is 0 Å². The fraction of sp³-hybridized carbons (Fsp3) is 0.844. The van der Waals surface area contributed by atoms with Crippen molar-refractivity contribution < 1.29 is 9.53 Å². The first-order valence-corrected chi connectivity index (χ1v) is 14.3. The first-order valence-electron chi connectivity index (χ1n) is 14.3. The number of carbonyl (C=O) groups is 1. The van der Waals surface area contributed by atoms with E-state index in [1.165, 1.54) is 50.5 Å². The van der Waals surface area contributed by atoms with E-state index in [4.69, 9.17) is 4.74 Å². The maximum Gasteiger partial charge on any atom is 0.302 e. The van der Waals surface area contributed by atoms with Gasteiger partial charge in [-0.25, -0.2) is 0 Å². The van der Waals surface area contributed by atoms with Gasteiger partial charge < -0.3 is 4.74 Å².